The molecule has 2 heterocycles. The average molecular weight is 477 g/mol. The Balaban J connectivity index is 1.21. The standard InChI is InChI=1S/C25H18ClFN4O3/c26-20-8-4-9-21(27)19(20)13-31-15-28-25(30-31)29-24(32)23-12-11-17(34-23)14-33-22-10-3-6-16-5-1-2-7-18(16)22/h1-12,15H,13-14H2,(H,29,30,32). The zero-order chi connectivity index (χ0) is 23.5. The summed E-state index contributed by atoms with van der Waals surface area (Å²) in [6, 6.07) is 21.4. The number of fused-ring (bicyclic) bond motifs is 1. The van der Waals surface area contributed by atoms with Crippen LogP contribution in [0.4, 0.5) is 10.3 Å². The molecule has 0 aliphatic heterocycles. The van der Waals surface area contributed by atoms with E-state index in [1.54, 1.807) is 18.2 Å². The van der Waals surface area contributed by atoms with Gasteiger partial charge >= 0.3 is 0 Å². The van der Waals surface area contributed by atoms with E-state index in [9.17, 15) is 9.18 Å². The van der Waals surface area contributed by atoms with E-state index >= 15 is 0 Å². The van der Waals surface area contributed by atoms with Crippen LogP contribution in [0.3, 0.4) is 0 Å². The molecule has 0 fully saturated rings. The molecule has 0 unspecified atom stereocenters. The Bertz CT molecular complexity index is 1450. The topological polar surface area (TPSA) is 82.2 Å². The van der Waals surface area contributed by atoms with Gasteiger partial charge in [0.15, 0.2) is 5.76 Å². The lowest BCUT2D eigenvalue weighted by Crippen LogP contribution is -2.13. The minimum atomic E-state index is -0.516. The molecular formula is C25H18ClFN4O3. The molecule has 34 heavy (non-hydrogen) atoms. The molecule has 0 saturated carbocycles. The number of ether oxygens (including phenoxy) is 1. The van der Waals surface area contributed by atoms with Crippen molar-refractivity contribution in [2.24, 2.45) is 0 Å². The van der Waals surface area contributed by atoms with Crippen molar-refractivity contribution in [2.75, 3.05) is 5.32 Å². The van der Waals surface area contributed by atoms with Crippen LogP contribution in [0.2, 0.25) is 5.02 Å². The predicted molar refractivity (Wildman–Crippen MR) is 125 cm³/mol. The molecule has 9 heteroatoms. The van der Waals surface area contributed by atoms with Gasteiger partial charge in [0.2, 0.25) is 5.95 Å². The van der Waals surface area contributed by atoms with Crippen molar-refractivity contribution in [2.45, 2.75) is 13.2 Å². The van der Waals surface area contributed by atoms with E-state index in [1.807, 2.05) is 42.5 Å². The van der Waals surface area contributed by atoms with Crippen LogP contribution in [-0.4, -0.2) is 20.7 Å². The van der Waals surface area contributed by atoms with Gasteiger partial charge in [-0.25, -0.2) is 14.1 Å². The molecule has 1 amide bonds. The van der Waals surface area contributed by atoms with Crippen LogP contribution in [0.15, 0.2) is 83.5 Å². The van der Waals surface area contributed by atoms with Crippen molar-refractivity contribution in [1.82, 2.24) is 14.8 Å². The summed E-state index contributed by atoms with van der Waals surface area (Å²) in [7, 11) is 0. The fraction of sp³-hybridized carbons (Fsp3) is 0.0800. The monoisotopic (exact) mass is 476 g/mol. The van der Waals surface area contributed by atoms with Gasteiger partial charge in [-0.3, -0.25) is 10.1 Å². The Morgan fingerprint density at radius 1 is 1.06 bits per heavy atom. The molecular weight excluding hydrogens is 459 g/mol. The Morgan fingerprint density at radius 3 is 2.76 bits per heavy atom. The zero-order valence-electron chi connectivity index (χ0n) is 17.7. The zero-order valence-corrected chi connectivity index (χ0v) is 18.5. The fourth-order valence-electron chi connectivity index (χ4n) is 3.48. The molecule has 2 aromatic heterocycles. The van der Waals surface area contributed by atoms with E-state index in [4.69, 9.17) is 20.8 Å². The summed E-state index contributed by atoms with van der Waals surface area (Å²) in [6.07, 6.45) is 1.38. The van der Waals surface area contributed by atoms with Crippen molar-refractivity contribution in [3.05, 3.63) is 107 Å². The number of aromatic nitrogens is 3. The van der Waals surface area contributed by atoms with Crippen LogP contribution in [0.25, 0.3) is 10.8 Å². The maximum atomic E-state index is 14.0. The number of hydrogen-bond acceptors (Lipinski definition) is 5. The van der Waals surface area contributed by atoms with E-state index in [1.165, 1.54) is 23.1 Å². The summed E-state index contributed by atoms with van der Waals surface area (Å²) in [5.41, 5.74) is 0.286. The Morgan fingerprint density at radius 2 is 1.88 bits per heavy atom. The first-order valence-corrected chi connectivity index (χ1v) is 10.8. The maximum absolute atomic E-state index is 14.0. The van der Waals surface area contributed by atoms with Gasteiger partial charge in [-0.15, -0.1) is 5.10 Å². The smallest absolute Gasteiger partial charge is 0.293 e. The first-order valence-electron chi connectivity index (χ1n) is 10.4. The number of furan rings is 1. The Labute approximate surface area is 198 Å². The lowest BCUT2D eigenvalue weighted by Gasteiger charge is -2.07. The SMILES string of the molecule is O=C(Nc1ncn(Cc2c(F)cccc2Cl)n1)c1ccc(COc2cccc3ccccc23)o1. The number of carbonyl (C=O) groups is 1. The number of anilines is 1. The van der Waals surface area contributed by atoms with Gasteiger partial charge in [0.25, 0.3) is 5.91 Å². The largest absolute Gasteiger partial charge is 0.485 e. The average Bonchev–Trinajstić information content (AvgIpc) is 3.50. The highest BCUT2D eigenvalue weighted by Gasteiger charge is 2.15. The summed E-state index contributed by atoms with van der Waals surface area (Å²) in [5, 5.41) is 9.06. The van der Waals surface area contributed by atoms with E-state index < -0.39 is 11.7 Å². The second-order valence-corrected chi connectivity index (χ2v) is 7.86. The summed E-state index contributed by atoms with van der Waals surface area (Å²) in [5.74, 6) is 0.406. The molecule has 0 atom stereocenters. The third-order valence-electron chi connectivity index (χ3n) is 5.15. The highest BCUT2D eigenvalue weighted by Crippen LogP contribution is 2.26. The molecule has 0 aliphatic rings. The summed E-state index contributed by atoms with van der Waals surface area (Å²) in [6.45, 7) is 0.238. The first kappa shape index (κ1) is 21.7. The van der Waals surface area contributed by atoms with Gasteiger partial charge in [0.05, 0.1) is 6.54 Å². The number of nitrogens with zero attached hydrogens (tertiary/aromatic N) is 3. The molecule has 1 N–H and O–H groups in total. The fourth-order valence-corrected chi connectivity index (χ4v) is 3.71. The van der Waals surface area contributed by atoms with E-state index in [2.05, 4.69) is 15.4 Å². The molecule has 0 aliphatic carbocycles. The van der Waals surface area contributed by atoms with Gasteiger partial charge in [-0.1, -0.05) is 54.1 Å². The van der Waals surface area contributed by atoms with Crippen LogP contribution in [0, 0.1) is 5.82 Å². The number of nitrogens with one attached hydrogen (secondary N) is 1. The molecule has 3 aromatic carbocycles. The van der Waals surface area contributed by atoms with Crippen LogP contribution in [-0.2, 0) is 13.2 Å². The van der Waals surface area contributed by atoms with Crippen molar-refractivity contribution in [3.8, 4) is 5.75 Å². The minimum absolute atomic E-state index is 0.0578. The number of carbonyl (C=O) groups excluding carboxylic acids is 1. The lowest BCUT2D eigenvalue weighted by atomic mass is 10.1. The molecule has 5 rings (SSSR count). The van der Waals surface area contributed by atoms with E-state index in [-0.39, 0.29) is 35.4 Å². The normalized spacial score (nSPS) is 11.0. The molecule has 5 aromatic rings. The summed E-state index contributed by atoms with van der Waals surface area (Å²) in [4.78, 5) is 16.6. The predicted octanol–water partition coefficient (Wildman–Crippen LogP) is 5.70. The van der Waals surface area contributed by atoms with Gasteiger partial charge in [-0.05, 0) is 35.7 Å². The van der Waals surface area contributed by atoms with Crippen LogP contribution < -0.4 is 10.1 Å². The summed E-state index contributed by atoms with van der Waals surface area (Å²) < 4.78 is 26.9. The number of amides is 1. The lowest BCUT2D eigenvalue weighted by molar-refractivity contribution is 0.0991. The first-order chi connectivity index (χ1) is 16.6. The second kappa shape index (κ2) is 9.36. The molecule has 0 bridgehead atoms. The molecule has 0 radical (unpaired) electrons. The van der Waals surface area contributed by atoms with Gasteiger partial charge in [0, 0.05) is 16.0 Å². The highest BCUT2D eigenvalue weighted by atomic mass is 35.5. The quantitative estimate of drug-likeness (QED) is 0.326. The molecule has 0 spiro atoms. The van der Waals surface area contributed by atoms with Crippen molar-refractivity contribution in [3.63, 3.8) is 0 Å². The Hall–Kier alpha value is -4.17. The highest BCUT2D eigenvalue weighted by molar-refractivity contribution is 6.31. The third-order valence-corrected chi connectivity index (χ3v) is 5.50. The summed E-state index contributed by atoms with van der Waals surface area (Å²) >= 11 is 6.05. The molecule has 7 nitrogen and oxygen atoms in total. The van der Waals surface area contributed by atoms with Gasteiger partial charge in [-0.2, -0.15) is 0 Å². The van der Waals surface area contributed by atoms with E-state index in [0.29, 0.717) is 5.76 Å². The maximum Gasteiger partial charge on any atom is 0.293 e. The molecule has 0 saturated heterocycles. The minimum Gasteiger partial charge on any atom is -0.485 e. The Kier molecular flexibility index (Phi) is 5.97. The molecule has 170 valence electrons. The van der Waals surface area contributed by atoms with Crippen LogP contribution in [0.5, 0.6) is 5.75 Å². The number of rotatable bonds is 7. The number of hydrogen-bond donors (Lipinski definition) is 1. The van der Waals surface area contributed by atoms with Gasteiger partial charge in [0.1, 0.15) is 30.3 Å². The van der Waals surface area contributed by atoms with Crippen LogP contribution >= 0.6 is 11.6 Å². The third kappa shape index (κ3) is 4.62. The van der Waals surface area contributed by atoms with Crippen molar-refractivity contribution in [1.29, 1.82) is 0 Å². The van der Waals surface area contributed by atoms with Crippen molar-refractivity contribution >= 4 is 34.2 Å². The number of benzene rings is 3. The van der Waals surface area contributed by atoms with E-state index in [0.717, 1.165) is 16.5 Å². The van der Waals surface area contributed by atoms with Crippen molar-refractivity contribution < 1.29 is 18.3 Å². The number of halogens is 2. The van der Waals surface area contributed by atoms with Crippen LogP contribution in [0.1, 0.15) is 21.9 Å². The van der Waals surface area contributed by atoms with Gasteiger partial charge < -0.3 is 9.15 Å². The second-order valence-electron chi connectivity index (χ2n) is 7.45.